The van der Waals surface area contributed by atoms with E-state index in [1.165, 1.54) is 0 Å². The van der Waals surface area contributed by atoms with Crippen LogP contribution in [0.25, 0.3) is 11.1 Å². The van der Waals surface area contributed by atoms with Gasteiger partial charge in [0.2, 0.25) is 5.89 Å². The van der Waals surface area contributed by atoms with Gasteiger partial charge in [0.1, 0.15) is 5.52 Å². The second-order valence-corrected chi connectivity index (χ2v) is 6.42. The number of fused-ring (bicyclic) bond motifs is 1. The predicted octanol–water partition coefficient (Wildman–Crippen LogP) is 3.54. The van der Waals surface area contributed by atoms with Crippen LogP contribution < -0.4 is 0 Å². The smallest absolute Gasteiger partial charge is 0.240 e. The first kappa shape index (κ1) is 15.3. The van der Waals surface area contributed by atoms with Crippen molar-refractivity contribution in [3.8, 4) is 0 Å². The van der Waals surface area contributed by atoms with Crippen molar-refractivity contribution in [2.45, 2.75) is 45.1 Å². The van der Waals surface area contributed by atoms with E-state index in [2.05, 4.69) is 26.9 Å². The third-order valence-electron chi connectivity index (χ3n) is 4.59. The molecule has 1 aliphatic heterocycles. The van der Waals surface area contributed by atoms with E-state index in [1.807, 2.05) is 24.3 Å². The van der Waals surface area contributed by atoms with Crippen LogP contribution in [0.2, 0.25) is 0 Å². The first-order valence-corrected chi connectivity index (χ1v) is 8.71. The van der Waals surface area contributed by atoms with Crippen LogP contribution >= 0.6 is 0 Å². The molecule has 0 amide bonds. The van der Waals surface area contributed by atoms with Gasteiger partial charge in [-0.15, -0.1) is 0 Å². The van der Waals surface area contributed by atoms with Gasteiger partial charge in [-0.25, -0.2) is 4.98 Å². The first-order valence-electron chi connectivity index (χ1n) is 8.71. The van der Waals surface area contributed by atoms with Crippen LogP contribution in [0, 0.1) is 0 Å². The lowest BCUT2D eigenvalue weighted by Crippen LogP contribution is -2.32. The standard InChI is InChI=1S/C18H22N4O2/c1-2-5-16-20-17(24-21-16)12-22-10-8-13(9-11-22)18-19-14-6-3-4-7-15(14)23-18/h3-4,6-7,13H,2,5,8-12H2,1H3. The minimum Gasteiger partial charge on any atom is -0.440 e. The number of para-hydroxylation sites is 2. The number of benzene rings is 1. The molecule has 6 heteroatoms. The second kappa shape index (κ2) is 6.73. The summed E-state index contributed by atoms with van der Waals surface area (Å²) in [4.78, 5) is 11.5. The Morgan fingerprint density at radius 1 is 1.17 bits per heavy atom. The zero-order valence-electron chi connectivity index (χ0n) is 13.9. The van der Waals surface area contributed by atoms with E-state index in [0.29, 0.717) is 5.92 Å². The van der Waals surface area contributed by atoms with Crippen molar-refractivity contribution in [1.82, 2.24) is 20.0 Å². The second-order valence-electron chi connectivity index (χ2n) is 6.42. The molecule has 0 N–H and O–H groups in total. The summed E-state index contributed by atoms with van der Waals surface area (Å²) in [5.41, 5.74) is 1.83. The number of hydrogen-bond acceptors (Lipinski definition) is 6. The average molecular weight is 326 g/mol. The van der Waals surface area contributed by atoms with E-state index in [-0.39, 0.29) is 0 Å². The molecule has 0 atom stereocenters. The van der Waals surface area contributed by atoms with Gasteiger partial charge in [-0.2, -0.15) is 4.98 Å². The fourth-order valence-electron chi connectivity index (χ4n) is 3.27. The summed E-state index contributed by atoms with van der Waals surface area (Å²) in [7, 11) is 0. The molecule has 1 saturated heterocycles. The summed E-state index contributed by atoms with van der Waals surface area (Å²) in [6, 6.07) is 7.96. The molecule has 0 spiro atoms. The molecule has 0 bridgehead atoms. The van der Waals surface area contributed by atoms with E-state index >= 15 is 0 Å². The topological polar surface area (TPSA) is 68.2 Å². The Hall–Kier alpha value is -2.21. The molecular weight excluding hydrogens is 304 g/mol. The highest BCUT2D eigenvalue weighted by Crippen LogP contribution is 2.30. The van der Waals surface area contributed by atoms with Crippen LogP contribution in [0.5, 0.6) is 0 Å². The first-order chi connectivity index (χ1) is 11.8. The Balaban J connectivity index is 1.35. The molecule has 0 unspecified atom stereocenters. The molecule has 4 rings (SSSR count). The maximum atomic E-state index is 5.92. The summed E-state index contributed by atoms with van der Waals surface area (Å²) in [5.74, 6) is 2.80. The highest BCUT2D eigenvalue weighted by atomic mass is 16.5. The quantitative estimate of drug-likeness (QED) is 0.714. The zero-order chi connectivity index (χ0) is 16.4. The van der Waals surface area contributed by atoms with Crippen molar-refractivity contribution >= 4 is 11.1 Å². The molecule has 1 aromatic carbocycles. The largest absolute Gasteiger partial charge is 0.440 e. The normalized spacial score (nSPS) is 16.9. The number of nitrogens with zero attached hydrogens (tertiary/aromatic N) is 4. The van der Waals surface area contributed by atoms with Crippen molar-refractivity contribution in [3.63, 3.8) is 0 Å². The third-order valence-corrected chi connectivity index (χ3v) is 4.59. The third kappa shape index (κ3) is 3.19. The van der Waals surface area contributed by atoms with Gasteiger partial charge >= 0.3 is 0 Å². The van der Waals surface area contributed by atoms with Gasteiger partial charge in [0.25, 0.3) is 0 Å². The van der Waals surface area contributed by atoms with Crippen molar-refractivity contribution in [2.75, 3.05) is 13.1 Å². The molecule has 2 aromatic heterocycles. The van der Waals surface area contributed by atoms with Gasteiger partial charge < -0.3 is 8.94 Å². The summed E-state index contributed by atoms with van der Waals surface area (Å²) < 4.78 is 11.3. The van der Waals surface area contributed by atoms with Crippen molar-refractivity contribution in [1.29, 1.82) is 0 Å². The van der Waals surface area contributed by atoms with Gasteiger partial charge in [0.05, 0.1) is 6.54 Å². The van der Waals surface area contributed by atoms with Crippen LogP contribution in [-0.2, 0) is 13.0 Å². The van der Waals surface area contributed by atoms with Gasteiger partial charge in [-0.3, -0.25) is 4.90 Å². The van der Waals surface area contributed by atoms with Crippen molar-refractivity contribution in [3.05, 3.63) is 41.9 Å². The predicted molar refractivity (Wildman–Crippen MR) is 89.6 cm³/mol. The molecule has 24 heavy (non-hydrogen) atoms. The number of aromatic nitrogens is 3. The zero-order valence-corrected chi connectivity index (χ0v) is 13.9. The Bertz CT molecular complexity index is 769. The van der Waals surface area contributed by atoms with Gasteiger partial charge in [-0.05, 0) is 44.5 Å². The number of rotatable bonds is 5. The molecule has 0 saturated carbocycles. The molecule has 126 valence electrons. The van der Waals surface area contributed by atoms with Crippen LogP contribution in [0.4, 0.5) is 0 Å². The highest BCUT2D eigenvalue weighted by molar-refractivity contribution is 5.72. The van der Waals surface area contributed by atoms with E-state index in [9.17, 15) is 0 Å². The fraction of sp³-hybridized carbons (Fsp3) is 0.500. The molecule has 3 heterocycles. The van der Waals surface area contributed by atoms with Crippen LogP contribution in [0.15, 0.2) is 33.2 Å². The Kier molecular flexibility index (Phi) is 4.30. The number of piperidine rings is 1. The minimum absolute atomic E-state index is 0.395. The molecule has 0 radical (unpaired) electrons. The maximum Gasteiger partial charge on any atom is 0.240 e. The SMILES string of the molecule is CCCc1noc(CN2CCC(c3nc4ccccc4o3)CC2)n1. The molecule has 6 nitrogen and oxygen atoms in total. The van der Waals surface area contributed by atoms with Crippen molar-refractivity contribution < 1.29 is 8.94 Å². The Morgan fingerprint density at radius 2 is 2.00 bits per heavy atom. The number of aryl methyl sites for hydroxylation is 1. The number of hydrogen-bond donors (Lipinski definition) is 0. The van der Waals surface area contributed by atoms with Gasteiger partial charge in [-0.1, -0.05) is 24.2 Å². The van der Waals surface area contributed by atoms with E-state index in [1.54, 1.807) is 0 Å². The summed E-state index contributed by atoms with van der Waals surface area (Å²) in [6.07, 6.45) is 4.00. The van der Waals surface area contributed by atoms with E-state index in [4.69, 9.17) is 8.94 Å². The summed E-state index contributed by atoms with van der Waals surface area (Å²) in [6.45, 7) is 4.84. The molecule has 1 aliphatic rings. The Morgan fingerprint density at radius 3 is 2.79 bits per heavy atom. The lowest BCUT2D eigenvalue weighted by atomic mass is 9.97. The molecular formula is C18H22N4O2. The van der Waals surface area contributed by atoms with E-state index in [0.717, 1.165) is 74.0 Å². The maximum absolute atomic E-state index is 5.92. The molecule has 3 aromatic rings. The number of oxazole rings is 1. The lowest BCUT2D eigenvalue weighted by molar-refractivity contribution is 0.173. The highest BCUT2D eigenvalue weighted by Gasteiger charge is 2.25. The molecule has 1 fully saturated rings. The van der Waals surface area contributed by atoms with Crippen molar-refractivity contribution in [2.24, 2.45) is 0 Å². The summed E-state index contributed by atoms with van der Waals surface area (Å²) >= 11 is 0. The van der Waals surface area contributed by atoms with E-state index < -0.39 is 0 Å². The Labute approximate surface area is 140 Å². The van der Waals surface area contributed by atoms with Gasteiger partial charge in [0.15, 0.2) is 17.3 Å². The monoisotopic (exact) mass is 326 g/mol. The average Bonchev–Trinajstić information content (AvgIpc) is 3.22. The van der Waals surface area contributed by atoms with Crippen LogP contribution in [0.1, 0.15) is 49.7 Å². The molecule has 0 aliphatic carbocycles. The summed E-state index contributed by atoms with van der Waals surface area (Å²) in [5, 5.41) is 4.02. The lowest BCUT2D eigenvalue weighted by Gasteiger charge is -2.29. The fourth-order valence-corrected chi connectivity index (χ4v) is 3.27. The minimum atomic E-state index is 0.395. The van der Waals surface area contributed by atoms with Gasteiger partial charge in [0, 0.05) is 12.3 Å². The van der Waals surface area contributed by atoms with Crippen LogP contribution in [-0.4, -0.2) is 33.1 Å². The van der Waals surface area contributed by atoms with Crippen LogP contribution in [0.3, 0.4) is 0 Å². The number of likely N-dealkylation sites (tertiary alicyclic amines) is 1.